The maximum Gasteiger partial charge on any atom is 0.255 e. The Morgan fingerprint density at radius 2 is 1.80 bits per heavy atom. The van der Waals surface area contributed by atoms with Crippen LogP contribution in [-0.2, 0) is 7.05 Å². The molecule has 0 aromatic carbocycles. The van der Waals surface area contributed by atoms with Crippen molar-refractivity contribution in [3.63, 3.8) is 0 Å². The Kier molecular flexibility index (Phi) is 4.83. The molecule has 1 aliphatic carbocycles. The van der Waals surface area contributed by atoms with Crippen LogP contribution in [0.2, 0.25) is 0 Å². The fourth-order valence-electron chi connectivity index (χ4n) is 2.67. The van der Waals surface area contributed by atoms with Gasteiger partial charge in [-0.15, -0.1) is 0 Å². The smallest absolute Gasteiger partial charge is 0.255 e. The molecule has 0 atom stereocenters. The molecule has 1 heterocycles. The average Bonchev–Trinajstić information content (AvgIpc) is 2.79. The third-order valence-electron chi connectivity index (χ3n) is 3.76. The molecule has 6 heteroatoms. The van der Waals surface area contributed by atoms with E-state index in [1.54, 1.807) is 17.8 Å². The molecule has 0 N–H and O–H groups in total. The third-order valence-corrected chi connectivity index (χ3v) is 4.27. The van der Waals surface area contributed by atoms with Gasteiger partial charge in [-0.1, -0.05) is 54.1 Å². The number of halogens is 3. The van der Waals surface area contributed by atoms with E-state index in [-0.39, 0.29) is 17.4 Å². The number of carbonyl (C=O) groups is 2. The first-order chi connectivity index (χ1) is 9.30. The van der Waals surface area contributed by atoms with E-state index < -0.39 is 9.58 Å². The molecule has 0 aliphatic heterocycles. The van der Waals surface area contributed by atoms with Crippen molar-refractivity contribution in [3.05, 3.63) is 23.5 Å². The summed E-state index contributed by atoms with van der Waals surface area (Å²) >= 11 is 16.8. The zero-order valence-corrected chi connectivity index (χ0v) is 13.4. The number of hydrogen-bond donors (Lipinski definition) is 0. The fraction of sp³-hybridized carbons (Fsp3) is 0.571. The van der Waals surface area contributed by atoms with Crippen LogP contribution >= 0.6 is 34.8 Å². The Labute approximate surface area is 133 Å². The van der Waals surface area contributed by atoms with Crippen molar-refractivity contribution < 1.29 is 9.59 Å². The lowest BCUT2D eigenvalue weighted by Crippen LogP contribution is -2.21. The molecule has 3 nitrogen and oxygen atoms in total. The van der Waals surface area contributed by atoms with Gasteiger partial charge in [0.1, 0.15) is 0 Å². The molecule has 2 rings (SSSR count). The SMILES string of the molecule is Cn1cc(C(=O)C2CCCCC2)cc1C(=O)C(Cl)(Cl)Cl. The van der Waals surface area contributed by atoms with E-state index in [0.29, 0.717) is 5.56 Å². The van der Waals surface area contributed by atoms with E-state index in [9.17, 15) is 9.59 Å². The molecule has 1 fully saturated rings. The summed E-state index contributed by atoms with van der Waals surface area (Å²) in [5, 5.41) is 0. The minimum Gasteiger partial charge on any atom is -0.347 e. The Balaban J connectivity index is 2.22. The van der Waals surface area contributed by atoms with Gasteiger partial charge in [-0.2, -0.15) is 0 Å². The van der Waals surface area contributed by atoms with Gasteiger partial charge in [-0.05, 0) is 18.9 Å². The highest BCUT2D eigenvalue weighted by Crippen LogP contribution is 2.32. The third kappa shape index (κ3) is 3.38. The quantitative estimate of drug-likeness (QED) is 0.608. The highest BCUT2D eigenvalue weighted by molar-refractivity contribution is 6.77. The van der Waals surface area contributed by atoms with Crippen LogP contribution in [0.3, 0.4) is 0 Å². The molecule has 0 bridgehead atoms. The van der Waals surface area contributed by atoms with E-state index in [4.69, 9.17) is 34.8 Å². The lowest BCUT2D eigenvalue weighted by molar-refractivity contribution is 0.0889. The topological polar surface area (TPSA) is 39.1 Å². The average molecular weight is 337 g/mol. The minimum atomic E-state index is -2.00. The summed E-state index contributed by atoms with van der Waals surface area (Å²) in [5.74, 6) is -0.474. The van der Waals surface area contributed by atoms with Crippen molar-refractivity contribution in [2.75, 3.05) is 0 Å². The second-order valence-electron chi connectivity index (χ2n) is 5.25. The van der Waals surface area contributed by atoms with Crippen molar-refractivity contribution in [3.8, 4) is 0 Å². The Morgan fingerprint density at radius 1 is 1.20 bits per heavy atom. The van der Waals surface area contributed by atoms with Crippen LogP contribution in [-0.4, -0.2) is 19.9 Å². The number of aromatic nitrogens is 1. The summed E-state index contributed by atoms with van der Waals surface area (Å²) in [6, 6.07) is 1.53. The van der Waals surface area contributed by atoms with Gasteiger partial charge in [0.15, 0.2) is 5.78 Å². The molecule has 20 heavy (non-hydrogen) atoms. The van der Waals surface area contributed by atoms with Crippen LogP contribution in [0.1, 0.15) is 53.0 Å². The maximum atomic E-state index is 12.4. The van der Waals surface area contributed by atoms with Crippen LogP contribution in [0.15, 0.2) is 12.3 Å². The summed E-state index contributed by atoms with van der Waals surface area (Å²) in [5.41, 5.74) is 0.765. The van der Waals surface area contributed by atoms with Gasteiger partial charge in [0.05, 0.1) is 5.69 Å². The first-order valence-electron chi connectivity index (χ1n) is 6.63. The van der Waals surface area contributed by atoms with Crippen molar-refractivity contribution in [1.82, 2.24) is 4.57 Å². The summed E-state index contributed by atoms with van der Waals surface area (Å²) in [6.07, 6.45) is 6.84. The standard InChI is InChI=1S/C14H16Cl3NO2/c1-18-8-10(7-11(18)13(20)14(15,16)17)12(19)9-5-3-2-4-6-9/h7-9H,2-6H2,1H3. The lowest BCUT2D eigenvalue weighted by Gasteiger charge is -2.19. The normalized spacial score (nSPS) is 17.2. The Hall–Kier alpha value is -0.510. The molecular weight excluding hydrogens is 321 g/mol. The van der Waals surface area contributed by atoms with Gasteiger partial charge in [0.25, 0.3) is 3.79 Å². The van der Waals surface area contributed by atoms with E-state index in [0.717, 1.165) is 25.7 Å². The van der Waals surface area contributed by atoms with Gasteiger partial charge < -0.3 is 4.57 Å². The number of aryl methyl sites for hydroxylation is 1. The molecular formula is C14H16Cl3NO2. The minimum absolute atomic E-state index is 0.0573. The number of carbonyl (C=O) groups excluding carboxylic acids is 2. The molecule has 1 aromatic heterocycles. The van der Waals surface area contributed by atoms with E-state index in [1.165, 1.54) is 12.5 Å². The summed E-state index contributed by atoms with van der Waals surface area (Å²) in [6.45, 7) is 0. The van der Waals surface area contributed by atoms with Crippen molar-refractivity contribution in [2.24, 2.45) is 13.0 Å². The van der Waals surface area contributed by atoms with Gasteiger partial charge in [0, 0.05) is 24.7 Å². The number of ketones is 2. The Morgan fingerprint density at radius 3 is 2.35 bits per heavy atom. The highest BCUT2D eigenvalue weighted by atomic mass is 35.6. The summed E-state index contributed by atoms with van der Waals surface area (Å²) < 4.78 is -0.461. The van der Waals surface area contributed by atoms with Crippen molar-refractivity contribution in [1.29, 1.82) is 0 Å². The molecule has 1 aromatic rings. The van der Waals surface area contributed by atoms with Gasteiger partial charge in [0.2, 0.25) is 5.78 Å². The van der Waals surface area contributed by atoms with Gasteiger partial charge in [-0.3, -0.25) is 9.59 Å². The molecule has 1 aliphatic rings. The number of nitrogens with zero attached hydrogens (tertiary/aromatic N) is 1. The van der Waals surface area contributed by atoms with E-state index in [1.807, 2.05) is 0 Å². The summed E-state index contributed by atoms with van der Waals surface area (Å²) in [4.78, 5) is 24.4. The van der Waals surface area contributed by atoms with Crippen LogP contribution in [0, 0.1) is 5.92 Å². The molecule has 0 amide bonds. The Bertz CT molecular complexity index is 525. The van der Waals surface area contributed by atoms with Crippen LogP contribution in [0.25, 0.3) is 0 Å². The first kappa shape index (κ1) is 15.9. The molecule has 0 spiro atoms. The maximum absolute atomic E-state index is 12.4. The van der Waals surface area contributed by atoms with E-state index in [2.05, 4.69) is 0 Å². The molecule has 0 saturated heterocycles. The predicted octanol–water partition coefficient (Wildman–Crippen LogP) is 4.34. The number of alkyl halides is 3. The fourth-order valence-corrected chi connectivity index (χ4v) is 2.96. The molecule has 0 unspecified atom stereocenters. The van der Waals surface area contributed by atoms with Crippen LogP contribution < -0.4 is 0 Å². The first-order valence-corrected chi connectivity index (χ1v) is 7.76. The monoisotopic (exact) mass is 335 g/mol. The second-order valence-corrected chi connectivity index (χ2v) is 7.53. The van der Waals surface area contributed by atoms with E-state index >= 15 is 0 Å². The van der Waals surface area contributed by atoms with Gasteiger partial charge in [-0.25, -0.2) is 0 Å². The van der Waals surface area contributed by atoms with Crippen molar-refractivity contribution in [2.45, 2.75) is 35.9 Å². The van der Waals surface area contributed by atoms with Gasteiger partial charge >= 0.3 is 0 Å². The zero-order chi connectivity index (χ0) is 14.9. The predicted molar refractivity (Wildman–Crippen MR) is 80.9 cm³/mol. The molecule has 1 saturated carbocycles. The largest absolute Gasteiger partial charge is 0.347 e. The van der Waals surface area contributed by atoms with Crippen LogP contribution in [0.5, 0.6) is 0 Å². The highest BCUT2D eigenvalue weighted by Gasteiger charge is 2.34. The molecule has 110 valence electrons. The number of Topliss-reactive ketones (excluding diaryl/α,β-unsaturated/α-hetero) is 2. The van der Waals surface area contributed by atoms with Crippen LogP contribution in [0.4, 0.5) is 0 Å². The lowest BCUT2D eigenvalue weighted by atomic mass is 9.84. The van der Waals surface area contributed by atoms with Crippen molar-refractivity contribution >= 4 is 46.4 Å². The molecule has 0 radical (unpaired) electrons. The summed E-state index contributed by atoms with van der Waals surface area (Å²) in [7, 11) is 1.67. The second kappa shape index (κ2) is 6.08. The zero-order valence-electron chi connectivity index (χ0n) is 11.2. The number of rotatable bonds is 3. The number of hydrogen-bond acceptors (Lipinski definition) is 2.